The average Bonchev–Trinajstić information content (AvgIpc) is 3.66. The van der Waals surface area contributed by atoms with Gasteiger partial charge in [-0.25, -0.2) is 0 Å². The van der Waals surface area contributed by atoms with Crippen LogP contribution < -0.4 is 16.2 Å². The molecule has 9 aliphatic rings. The summed E-state index contributed by atoms with van der Waals surface area (Å²) in [4.78, 5) is 15.5. The van der Waals surface area contributed by atoms with Gasteiger partial charge in [0, 0.05) is 53.7 Å². The van der Waals surface area contributed by atoms with Gasteiger partial charge in [-0.05, 0) is 150 Å². The van der Waals surface area contributed by atoms with Gasteiger partial charge in [0.2, 0.25) is 5.78 Å². The fourth-order valence-electron chi connectivity index (χ4n) is 14.2. The van der Waals surface area contributed by atoms with Crippen LogP contribution in [0.25, 0.3) is 0 Å². The minimum absolute atomic E-state index is 0.304. The first-order valence-corrected chi connectivity index (χ1v) is 21.5. The minimum atomic E-state index is -4.68. The number of piperidine rings is 1. The first-order chi connectivity index (χ1) is 23.3. The Morgan fingerprint density at radius 2 is 1.40 bits per heavy atom. The van der Waals surface area contributed by atoms with E-state index in [1.165, 1.54) is 90.0 Å². The number of carbonyl (C=O) groups excluding carboxylic acids is 1. The number of likely N-dealkylation sites (tertiary alicyclic amines) is 1. The maximum Gasteiger partial charge on any atom is 0.450 e. The third-order valence-electron chi connectivity index (χ3n) is 16.3. The minimum Gasteiger partial charge on any atom is -0.312 e. The number of hydrogen-bond donors (Lipinski definition) is 3. The molecule has 4 aliphatic heterocycles. The largest absolute Gasteiger partial charge is 0.450 e. The highest BCUT2D eigenvalue weighted by Gasteiger charge is 2.62. The standard InChI is InChI=1S/C39H61F3N4OS/c40-39(41,42)38(47)25-5-3-4-23(16-25)24-10-15-34-32(18-24)30-13-14-31-29-6-1-2-7-35(29)48-37(31)36(30)46(34)28-11-8-22(9-12-28)26-17-27-20-44-45-21-33(27)43-19-26/h22-37,43-45H,1-21H2. The number of carbonyl (C=O) groups is 1. The van der Waals surface area contributed by atoms with Gasteiger partial charge in [-0.1, -0.05) is 25.7 Å². The van der Waals surface area contributed by atoms with Gasteiger partial charge in [-0.2, -0.15) is 24.9 Å². The molecule has 270 valence electrons. The Kier molecular flexibility index (Phi) is 9.46. The van der Waals surface area contributed by atoms with E-state index < -0.39 is 17.9 Å². The molecule has 48 heavy (non-hydrogen) atoms. The third-order valence-corrected chi connectivity index (χ3v) is 18.2. The van der Waals surface area contributed by atoms with Gasteiger partial charge >= 0.3 is 6.18 Å². The van der Waals surface area contributed by atoms with Crippen molar-refractivity contribution in [1.29, 1.82) is 0 Å². The van der Waals surface area contributed by atoms with E-state index in [2.05, 4.69) is 32.8 Å². The molecule has 4 saturated heterocycles. The van der Waals surface area contributed by atoms with E-state index in [9.17, 15) is 18.0 Å². The summed E-state index contributed by atoms with van der Waals surface area (Å²) < 4.78 is 40.3. The Balaban J connectivity index is 0.920. The van der Waals surface area contributed by atoms with Crippen molar-refractivity contribution in [2.45, 2.75) is 156 Å². The molecule has 3 N–H and O–H groups in total. The first-order valence-electron chi connectivity index (χ1n) is 20.6. The molecule has 0 amide bonds. The summed E-state index contributed by atoms with van der Waals surface area (Å²) in [5.74, 6) is 4.33. The molecular formula is C39H61F3N4OS. The van der Waals surface area contributed by atoms with Crippen LogP contribution in [0.1, 0.15) is 116 Å². The van der Waals surface area contributed by atoms with Crippen LogP contribution in [0.15, 0.2) is 0 Å². The topological polar surface area (TPSA) is 56.4 Å². The Bertz CT molecular complexity index is 1160. The highest BCUT2D eigenvalue weighted by molar-refractivity contribution is 8.00. The number of hydrogen-bond acceptors (Lipinski definition) is 6. The zero-order chi connectivity index (χ0) is 32.6. The molecule has 0 aromatic rings. The second-order valence-corrected chi connectivity index (χ2v) is 19.7. The van der Waals surface area contributed by atoms with Crippen molar-refractivity contribution in [1.82, 2.24) is 21.1 Å². The Morgan fingerprint density at radius 3 is 2.25 bits per heavy atom. The average molecular weight is 691 g/mol. The monoisotopic (exact) mass is 690 g/mol. The lowest BCUT2D eigenvalue weighted by Crippen LogP contribution is -2.61. The highest BCUT2D eigenvalue weighted by Crippen LogP contribution is 2.63. The van der Waals surface area contributed by atoms with Gasteiger partial charge in [0.15, 0.2) is 0 Å². The Labute approximate surface area is 291 Å². The molecule has 5 aliphatic carbocycles. The number of nitrogens with one attached hydrogen (secondary N) is 3. The second kappa shape index (κ2) is 13.6. The molecule has 14 unspecified atom stereocenters. The number of Topliss-reactive ketones (excluding diaryl/α,β-unsaturated/α-hetero) is 1. The molecule has 0 spiro atoms. The molecule has 4 heterocycles. The van der Waals surface area contributed by atoms with Crippen LogP contribution in [0.5, 0.6) is 0 Å². The molecule has 5 nitrogen and oxygen atoms in total. The first kappa shape index (κ1) is 33.5. The molecule has 0 aromatic heterocycles. The predicted octanol–water partition coefficient (Wildman–Crippen LogP) is 7.35. The van der Waals surface area contributed by atoms with Gasteiger partial charge in [-0.15, -0.1) is 0 Å². The van der Waals surface area contributed by atoms with Crippen molar-refractivity contribution in [3.63, 3.8) is 0 Å². The summed E-state index contributed by atoms with van der Waals surface area (Å²) >= 11 is 2.43. The summed E-state index contributed by atoms with van der Waals surface area (Å²) in [6.45, 7) is 3.32. The van der Waals surface area contributed by atoms with E-state index in [0.717, 1.165) is 90.4 Å². The molecule has 0 radical (unpaired) electrons. The van der Waals surface area contributed by atoms with Crippen LogP contribution in [0.3, 0.4) is 0 Å². The quantitative estimate of drug-likeness (QED) is 0.287. The lowest BCUT2D eigenvalue weighted by Gasteiger charge is -2.49. The summed E-state index contributed by atoms with van der Waals surface area (Å²) in [5.41, 5.74) is 6.77. The van der Waals surface area contributed by atoms with Crippen LogP contribution in [0.2, 0.25) is 0 Å². The summed E-state index contributed by atoms with van der Waals surface area (Å²) in [6, 6.07) is 2.74. The van der Waals surface area contributed by atoms with E-state index in [1.807, 2.05) is 0 Å². The summed E-state index contributed by atoms with van der Waals surface area (Å²) in [5, 5.41) is 5.60. The van der Waals surface area contributed by atoms with E-state index in [4.69, 9.17) is 0 Å². The number of rotatable bonds is 4. The van der Waals surface area contributed by atoms with Crippen molar-refractivity contribution in [3.8, 4) is 0 Å². The zero-order valence-corrected chi connectivity index (χ0v) is 29.8. The molecule has 9 heteroatoms. The lowest BCUT2D eigenvalue weighted by molar-refractivity contribution is -0.177. The molecular weight excluding hydrogens is 630 g/mol. The van der Waals surface area contributed by atoms with E-state index in [1.54, 1.807) is 0 Å². The third kappa shape index (κ3) is 6.05. The molecule has 14 atom stereocenters. The number of fused-ring (bicyclic) bond motifs is 8. The fraction of sp³-hybridized carbons (Fsp3) is 0.974. The lowest BCUT2D eigenvalue weighted by atomic mass is 9.62. The number of nitrogens with zero attached hydrogens (tertiary/aromatic N) is 1. The molecule has 5 saturated carbocycles. The molecule has 0 aromatic carbocycles. The van der Waals surface area contributed by atoms with Gasteiger partial charge in [0.25, 0.3) is 0 Å². The predicted molar refractivity (Wildman–Crippen MR) is 185 cm³/mol. The molecule has 9 fully saturated rings. The fourth-order valence-corrected chi connectivity index (χ4v) is 16.5. The van der Waals surface area contributed by atoms with Crippen LogP contribution in [0, 0.1) is 59.2 Å². The van der Waals surface area contributed by atoms with E-state index in [0.29, 0.717) is 42.7 Å². The van der Waals surface area contributed by atoms with Crippen LogP contribution >= 0.6 is 11.8 Å². The van der Waals surface area contributed by atoms with E-state index >= 15 is 0 Å². The number of hydrazine groups is 1. The van der Waals surface area contributed by atoms with Crippen molar-refractivity contribution < 1.29 is 18.0 Å². The summed E-state index contributed by atoms with van der Waals surface area (Å²) in [6.07, 6.45) is 17.1. The molecule has 9 rings (SSSR count). The van der Waals surface area contributed by atoms with Crippen LogP contribution in [-0.4, -0.2) is 71.2 Å². The van der Waals surface area contributed by atoms with Gasteiger partial charge in [-0.3, -0.25) is 20.5 Å². The Morgan fingerprint density at radius 1 is 0.625 bits per heavy atom. The Hall–Kier alpha value is -0.350. The number of thioether (sulfide) groups is 1. The second-order valence-electron chi connectivity index (χ2n) is 18.3. The number of ketones is 1. The molecule has 0 bridgehead atoms. The zero-order valence-electron chi connectivity index (χ0n) is 29.0. The number of halogens is 3. The highest BCUT2D eigenvalue weighted by atomic mass is 32.2. The van der Waals surface area contributed by atoms with Gasteiger partial charge < -0.3 is 5.32 Å². The van der Waals surface area contributed by atoms with Gasteiger partial charge in [0.1, 0.15) is 0 Å². The van der Waals surface area contributed by atoms with Crippen molar-refractivity contribution in [2.24, 2.45) is 59.2 Å². The van der Waals surface area contributed by atoms with Crippen molar-refractivity contribution in [2.75, 3.05) is 19.6 Å². The maximum atomic E-state index is 13.4. The van der Waals surface area contributed by atoms with E-state index in [-0.39, 0.29) is 0 Å². The normalized spacial score (nSPS) is 51.2. The smallest absolute Gasteiger partial charge is 0.312 e. The SMILES string of the molecule is O=C(C1CCCC(C2CCC3C(C2)C2CCC4C5CCCCC5SC4C2N3C2CCC(C3CNC4CNNCC4C3)CC2)C1)C(F)(F)F. The van der Waals surface area contributed by atoms with Gasteiger partial charge in [0.05, 0.1) is 0 Å². The van der Waals surface area contributed by atoms with Crippen molar-refractivity contribution in [3.05, 3.63) is 0 Å². The summed E-state index contributed by atoms with van der Waals surface area (Å²) in [7, 11) is 0. The van der Waals surface area contributed by atoms with Crippen LogP contribution in [0.4, 0.5) is 13.2 Å². The number of alkyl halides is 3. The van der Waals surface area contributed by atoms with Crippen molar-refractivity contribution >= 4 is 17.5 Å². The van der Waals surface area contributed by atoms with Crippen LogP contribution in [-0.2, 0) is 4.79 Å². The maximum absolute atomic E-state index is 13.4.